The molecule has 0 unspecified atom stereocenters. The van der Waals surface area contributed by atoms with Gasteiger partial charge in [0.2, 0.25) is 0 Å². The second kappa shape index (κ2) is 5.66. The van der Waals surface area contributed by atoms with Gasteiger partial charge in [-0.15, -0.1) is 0 Å². The maximum absolute atomic E-state index is 8.72. The Kier molecular flexibility index (Phi) is 4.81. The largest absolute Gasteiger partial charge is 0.396 e. The van der Waals surface area contributed by atoms with Gasteiger partial charge < -0.3 is 9.84 Å². The van der Waals surface area contributed by atoms with Crippen molar-refractivity contribution < 1.29 is 9.84 Å². The van der Waals surface area contributed by atoms with E-state index in [-0.39, 0.29) is 12.2 Å². The minimum absolute atomic E-state index is 0.0492. The van der Waals surface area contributed by atoms with Gasteiger partial charge in [0.15, 0.2) is 0 Å². The Morgan fingerprint density at radius 2 is 2.27 bits per heavy atom. The van der Waals surface area contributed by atoms with Gasteiger partial charge in [0, 0.05) is 13.2 Å². The maximum Gasteiger partial charge on any atom is 0.0657 e. The molecular formula is C13H24O2. The van der Waals surface area contributed by atoms with Crippen molar-refractivity contribution >= 4 is 0 Å². The second-order valence-electron chi connectivity index (χ2n) is 5.05. The molecule has 2 heteroatoms. The molecule has 88 valence electrons. The molecular weight excluding hydrogens is 188 g/mol. The minimum atomic E-state index is -0.0492. The van der Waals surface area contributed by atoms with Crippen molar-refractivity contribution in [3.8, 4) is 0 Å². The second-order valence-corrected chi connectivity index (χ2v) is 5.05. The summed E-state index contributed by atoms with van der Waals surface area (Å²) in [4.78, 5) is 0. The van der Waals surface area contributed by atoms with E-state index < -0.39 is 0 Å². The van der Waals surface area contributed by atoms with E-state index in [1.807, 2.05) is 0 Å². The van der Waals surface area contributed by atoms with E-state index in [1.165, 1.54) is 18.4 Å². The number of allylic oxidation sites excluding steroid dienone is 2. The summed E-state index contributed by atoms with van der Waals surface area (Å²) >= 11 is 0. The van der Waals surface area contributed by atoms with Gasteiger partial charge in [-0.25, -0.2) is 0 Å². The summed E-state index contributed by atoms with van der Waals surface area (Å²) in [5, 5.41) is 8.72. The Labute approximate surface area is 93.3 Å². The van der Waals surface area contributed by atoms with Crippen LogP contribution in [0.1, 0.15) is 46.5 Å². The van der Waals surface area contributed by atoms with Crippen LogP contribution in [0.3, 0.4) is 0 Å². The molecule has 2 nitrogen and oxygen atoms in total. The molecule has 1 atom stereocenters. The molecule has 0 aliphatic heterocycles. The van der Waals surface area contributed by atoms with Crippen LogP contribution in [0.2, 0.25) is 0 Å². The van der Waals surface area contributed by atoms with Crippen LogP contribution >= 0.6 is 0 Å². The van der Waals surface area contributed by atoms with Crippen molar-refractivity contribution in [3.63, 3.8) is 0 Å². The van der Waals surface area contributed by atoms with Crippen molar-refractivity contribution in [2.24, 2.45) is 5.92 Å². The standard InChI is InChI=1S/C13H24O2/c1-11-5-7-12(8-6-11)13(2,3)15-10-4-9-14/h5,12,14H,4,6-10H2,1-3H3/t12-/m1/s1. The number of hydrogen-bond donors (Lipinski definition) is 1. The summed E-state index contributed by atoms with van der Waals surface area (Å²) in [6.07, 6.45) is 6.65. The molecule has 15 heavy (non-hydrogen) atoms. The van der Waals surface area contributed by atoms with Crippen molar-refractivity contribution in [2.75, 3.05) is 13.2 Å². The summed E-state index contributed by atoms with van der Waals surface area (Å²) in [6.45, 7) is 7.44. The fourth-order valence-corrected chi connectivity index (χ4v) is 2.11. The Hall–Kier alpha value is -0.340. The highest BCUT2D eigenvalue weighted by Crippen LogP contribution is 2.33. The number of hydrogen-bond acceptors (Lipinski definition) is 2. The summed E-state index contributed by atoms with van der Waals surface area (Å²) in [7, 11) is 0. The molecule has 1 aliphatic carbocycles. The first-order valence-electron chi connectivity index (χ1n) is 5.96. The molecule has 1 aliphatic rings. The molecule has 0 bridgehead atoms. The molecule has 0 fully saturated rings. The fraction of sp³-hybridized carbons (Fsp3) is 0.846. The van der Waals surface area contributed by atoms with E-state index >= 15 is 0 Å². The van der Waals surface area contributed by atoms with Crippen LogP contribution in [0, 0.1) is 5.92 Å². The lowest BCUT2D eigenvalue weighted by Gasteiger charge is -2.36. The van der Waals surface area contributed by atoms with Gasteiger partial charge in [-0.05, 0) is 52.4 Å². The first-order chi connectivity index (χ1) is 7.06. The van der Waals surface area contributed by atoms with Crippen LogP contribution in [0.25, 0.3) is 0 Å². The van der Waals surface area contributed by atoms with Crippen LogP contribution in [0.4, 0.5) is 0 Å². The normalized spacial score (nSPS) is 22.7. The van der Waals surface area contributed by atoms with E-state index in [1.54, 1.807) is 0 Å². The van der Waals surface area contributed by atoms with Gasteiger partial charge in [-0.3, -0.25) is 0 Å². The van der Waals surface area contributed by atoms with Crippen LogP contribution in [-0.2, 0) is 4.74 Å². The fourth-order valence-electron chi connectivity index (χ4n) is 2.11. The Morgan fingerprint density at radius 3 is 2.80 bits per heavy atom. The smallest absolute Gasteiger partial charge is 0.0657 e. The maximum atomic E-state index is 8.72. The van der Waals surface area contributed by atoms with Crippen molar-refractivity contribution in [1.82, 2.24) is 0 Å². The molecule has 0 saturated carbocycles. The van der Waals surface area contributed by atoms with Crippen molar-refractivity contribution in [2.45, 2.75) is 52.1 Å². The number of rotatable bonds is 5. The molecule has 0 aromatic carbocycles. The third-order valence-corrected chi connectivity index (χ3v) is 3.40. The third-order valence-electron chi connectivity index (χ3n) is 3.40. The highest BCUT2D eigenvalue weighted by atomic mass is 16.5. The van der Waals surface area contributed by atoms with Crippen LogP contribution in [0.5, 0.6) is 0 Å². The summed E-state index contributed by atoms with van der Waals surface area (Å²) < 4.78 is 5.86. The van der Waals surface area contributed by atoms with Crippen LogP contribution in [-0.4, -0.2) is 23.9 Å². The van der Waals surface area contributed by atoms with E-state index in [4.69, 9.17) is 9.84 Å². The van der Waals surface area contributed by atoms with Gasteiger partial charge in [-0.2, -0.15) is 0 Å². The van der Waals surface area contributed by atoms with E-state index in [0.717, 1.165) is 12.8 Å². The van der Waals surface area contributed by atoms with Crippen LogP contribution in [0.15, 0.2) is 11.6 Å². The molecule has 0 aromatic rings. The zero-order chi connectivity index (χ0) is 11.3. The average Bonchev–Trinajstić information content (AvgIpc) is 2.18. The summed E-state index contributed by atoms with van der Waals surface area (Å²) in [6, 6.07) is 0. The van der Waals surface area contributed by atoms with Gasteiger partial charge in [0.25, 0.3) is 0 Å². The van der Waals surface area contributed by atoms with Gasteiger partial charge >= 0.3 is 0 Å². The number of aliphatic hydroxyl groups excluding tert-OH is 1. The van der Waals surface area contributed by atoms with Gasteiger partial charge in [0.1, 0.15) is 0 Å². The molecule has 0 radical (unpaired) electrons. The SMILES string of the molecule is CC1=CC[C@@H](C(C)(C)OCCCO)CC1. The zero-order valence-corrected chi connectivity index (χ0v) is 10.3. The Balaban J connectivity index is 2.40. The van der Waals surface area contributed by atoms with Gasteiger partial charge in [-0.1, -0.05) is 11.6 Å². The predicted octanol–water partition coefficient (Wildman–Crippen LogP) is 2.91. The Bertz CT molecular complexity index is 219. The lowest BCUT2D eigenvalue weighted by atomic mass is 9.79. The number of ether oxygens (including phenoxy) is 1. The molecule has 1 rings (SSSR count). The Morgan fingerprint density at radius 1 is 1.53 bits per heavy atom. The number of aliphatic hydroxyl groups is 1. The molecule has 1 N–H and O–H groups in total. The minimum Gasteiger partial charge on any atom is -0.396 e. The lowest BCUT2D eigenvalue weighted by molar-refractivity contribution is -0.0663. The predicted molar refractivity (Wildman–Crippen MR) is 62.8 cm³/mol. The summed E-state index contributed by atoms with van der Waals surface area (Å²) in [5.41, 5.74) is 1.46. The lowest BCUT2D eigenvalue weighted by Crippen LogP contribution is -2.35. The molecule has 0 heterocycles. The topological polar surface area (TPSA) is 29.5 Å². The first-order valence-corrected chi connectivity index (χ1v) is 5.96. The highest BCUT2D eigenvalue weighted by Gasteiger charge is 2.30. The molecule has 0 spiro atoms. The monoisotopic (exact) mass is 212 g/mol. The van der Waals surface area contributed by atoms with Crippen LogP contribution < -0.4 is 0 Å². The van der Waals surface area contributed by atoms with E-state index in [0.29, 0.717) is 12.5 Å². The molecule has 0 saturated heterocycles. The first kappa shape index (κ1) is 12.7. The quantitative estimate of drug-likeness (QED) is 0.561. The van der Waals surface area contributed by atoms with Gasteiger partial charge in [0.05, 0.1) is 5.60 Å². The summed E-state index contributed by atoms with van der Waals surface area (Å²) in [5.74, 6) is 0.625. The van der Waals surface area contributed by atoms with Crippen molar-refractivity contribution in [1.29, 1.82) is 0 Å². The third kappa shape index (κ3) is 3.96. The van der Waals surface area contributed by atoms with E-state index in [2.05, 4.69) is 26.8 Å². The molecule has 0 amide bonds. The zero-order valence-electron chi connectivity index (χ0n) is 10.3. The molecule has 0 aromatic heterocycles. The average molecular weight is 212 g/mol. The van der Waals surface area contributed by atoms with Crippen molar-refractivity contribution in [3.05, 3.63) is 11.6 Å². The highest BCUT2D eigenvalue weighted by molar-refractivity contribution is 5.05. The van der Waals surface area contributed by atoms with E-state index in [9.17, 15) is 0 Å².